The number of hydrazine groups is 1. The lowest BCUT2D eigenvalue weighted by Crippen LogP contribution is -2.44. The van der Waals surface area contributed by atoms with Crippen molar-refractivity contribution in [2.45, 2.75) is 25.3 Å². The molecule has 0 spiro atoms. The predicted octanol–water partition coefficient (Wildman–Crippen LogP) is 2.26. The van der Waals surface area contributed by atoms with E-state index in [4.69, 9.17) is 15.3 Å². The quantitative estimate of drug-likeness (QED) is 0.643. The number of benzene rings is 1. The Morgan fingerprint density at radius 3 is 2.79 bits per heavy atom. The molecule has 0 aromatic heterocycles. The fraction of sp³-hybridized carbons (Fsp3) is 0.571. The lowest BCUT2D eigenvalue weighted by molar-refractivity contribution is 0.0538. The highest BCUT2D eigenvalue weighted by Gasteiger charge is 2.23. The van der Waals surface area contributed by atoms with Gasteiger partial charge in [-0.2, -0.15) is 0 Å². The Hall–Kier alpha value is -0.620. The van der Waals surface area contributed by atoms with Crippen molar-refractivity contribution in [1.29, 1.82) is 0 Å². The monoisotopic (exact) mass is 328 g/mol. The van der Waals surface area contributed by atoms with Gasteiger partial charge in [-0.3, -0.25) is 11.3 Å². The van der Waals surface area contributed by atoms with Gasteiger partial charge in [-0.15, -0.1) is 0 Å². The molecule has 4 nitrogen and oxygen atoms in total. The molecule has 3 N–H and O–H groups in total. The topological polar surface area (TPSA) is 56.5 Å². The van der Waals surface area contributed by atoms with Crippen molar-refractivity contribution in [3.8, 4) is 5.75 Å². The van der Waals surface area contributed by atoms with E-state index in [0.29, 0.717) is 12.0 Å². The Morgan fingerprint density at radius 1 is 1.47 bits per heavy atom. The van der Waals surface area contributed by atoms with Crippen molar-refractivity contribution < 1.29 is 9.47 Å². The molecule has 0 saturated carbocycles. The molecule has 2 rings (SSSR count). The summed E-state index contributed by atoms with van der Waals surface area (Å²) in [5.41, 5.74) is 4.22. The molecule has 5 heteroatoms. The maximum atomic E-state index is 5.72. The van der Waals surface area contributed by atoms with E-state index in [-0.39, 0.29) is 0 Å². The van der Waals surface area contributed by atoms with E-state index in [2.05, 4.69) is 33.5 Å². The highest BCUT2D eigenvalue weighted by atomic mass is 79.9. The van der Waals surface area contributed by atoms with Gasteiger partial charge in [0.1, 0.15) is 5.75 Å². The van der Waals surface area contributed by atoms with Crippen LogP contribution in [0.15, 0.2) is 22.7 Å². The molecule has 1 fully saturated rings. The first kappa shape index (κ1) is 14.8. The normalized spacial score (nSPS) is 18.3. The zero-order valence-corrected chi connectivity index (χ0v) is 12.8. The Kier molecular flexibility index (Phi) is 5.63. The fourth-order valence-electron chi connectivity index (χ4n) is 2.57. The number of methoxy groups -OCH3 is 1. The molecule has 0 radical (unpaired) electrons. The minimum atomic E-state index is 0.296. The molecule has 1 aromatic rings. The second kappa shape index (κ2) is 7.24. The molecule has 1 heterocycles. The van der Waals surface area contributed by atoms with Crippen LogP contribution in [0.25, 0.3) is 0 Å². The minimum Gasteiger partial charge on any atom is -0.496 e. The molecule has 1 saturated heterocycles. The number of rotatable bonds is 5. The van der Waals surface area contributed by atoms with Gasteiger partial charge in [-0.05, 0) is 58.8 Å². The Morgan fingerprint density at radius 2 is 2.21 bits per heavy atom. The summed E-state index contributed by atoms with van der Waals surface area (Å²) in [6, 6.07) is 6.47. The molecule has 1 aliphatic heterocycles. The number of hydrogen-bond donors (Lipinski definition) is 2. The van der Waals surface area contributed by atoms with Gasteiger partial charge in [0, 0.05) is 19.3 Å². The maximum absolute atomic E-state index is 5.72. The second-order valence-corrected chi connectivity index (χ2v) is 5.75. The van der Waals surface area contributed by atoms with Crippen LogP contribution in [0.1, 0.15) is 18.4 Å². The highest BCUT2D eigenvalue weighted by molar-refractivity contribution is 9.10. The van der Waals surface area contributed by atoms with Crippen LogP contribution in [0, 0.1) is 5.92 Å². The molecule has 1 aliphatic rings. The first-order valence-electron chi connectivity index (χ1n) is 6.61. The molecule has 106 valence electrons. The van der Waals surface area contributed by atoms with Crippen molar-refractivity contribution in [3.05, 3.63) is 28.2 Å². The van der Waals surface area contributed by atoms with Crippen molar-refractivity contribution in [3.63, 3.8) is 0 Å². The zero-order chi connectivity index (χ0) is 13.7. The molecular weight excluding hydrogens is 308 g/mol. The first-order chi connectivity index (χ1) is 9.24. The van der Waals surface area contributed by atoms with E-state index in [1.54, 1.807) is 7.11 Å². The van der Waals surface area contributed by atoms with Gasteiger partial charge in [-0.1, -0.05) is 6.07 Å². The van der Waals surface area contributed by atoms with Crippen LogP contribution in [-0.2, 0) is 11.2 Å². The predicted molar refractivity (Wildman–Crippen MR) is 79.1 cm³/mol. The number of hydrogen-bond acceptors (Lipinski definition) is 4. The third-order valence-electron chi connectivity index (χ3n) is 3.72. The van der Waals surface area contributed by atoms with Gasteiger partial charge in [0.25, 0.3) is 0 Å². The molecule has 1 unspecified atom stereocenters. The Balaban J connectivity index is 2.03. The van der Waals surface area contributed by atoms with Gasteiger partial charge in [0.2, 0.25) is 0 Å². The summed E-state index contributed by atoms with van der Waals surface area (Å²) in [6.07, 6.45) is 3.07. The second-order valence-electron chi connectivity index (χ2n) is 4.90. The molecule has 0 amide bonds. The van der Waals surface area contributed by atoms with Crippen LogP contribution in [-0.4, -0.2) is 26.4 Å². The number of nitrogens with two attached hydrogens (primary N) is 1. The smallest absolute Gasteiger partial charge is 0.133 e. The largest absolute Gasteiger partial charge is 0.496 e. The molecule has 19 heavy (non-hydrogen) atoms. The van der Waals surface area contributed by atoms with Crippen LogP contribution in [0.2, 0.25) is 0 Å². The van der Waals surface area contributed by atoms with Crippen molar-refractivity contribution in [1.82, 2.24) is 5.43 Å². The molecular formula is C14H21BrN2O2. The summed E-state index contributed by atoms with van der Waals surface area (Å²) in [4.78, 5) is 0. The van der Waals surface area contributed by atoms with E-state index in [0.717, 1.165) is 42.7 Å². The van der Waals surface area contributed by atoms with E-state index in [1.165, 1.54) is 5.56 Å². The number of halogens is 1. The standard InChI is InChI=1S/C14H21BrN2O2/c1-18-14-3-2-10(8-12(14)15)9-13(17-16)11-4-6-19-7-5-11/h2-3,8,11,13,17H,4-7,9,16H2,1H3. The van der Waals surface area contributed by atoms with Crippen LogP contribution < -0.4 is 16.0 Å². The summed E-state index contributed by atoms with van der Waals surface area (Å²) in [5, 5.41) is 0. The van der Waals surface area contributed by atoms with Gasteiger partial charge in [0.15, 0.2) is 0 Å². The zero-order valence-electron chi connectivity index (χ0n) is 11.2. The van der Waals surface area contributed by atoms with Gasteiger partial charge in [0.05, 0.1) is 11.6 Å². The van der Waals surface area contributed by atoms with E-state index >= 15 is 0 Å². The number of nitrogens with one attached hydrogen (secondary N) is 1. The third-order valence-corrected chi connectivity index (χ3v) is 4.34. The highest BCUT2D eigenvalue weighted by Crippen LogP contribution is 2.27. The summed E-state index contributed by atoms with van der Waals surface area (Å²) in [7, 11) is 1.67. The molecule has 1 aromatic carbocycles. The van der Waals surface area contributed by atoms with E-state index < -0.39 is 0 Å². The van der Waals surface area contributed by atoms with Crippen molar-refractivity contribution >= 4 is 15.9 Å². The summed E-state index contributed by atoms with van der Waals surface area (Å²) in [6.45, 7) is 1.68. The molecule has 0 aliphatic carbocycles. The number of ether oxygens (including phenoxy) is 2. The van der Waals surface area contributed by atoms with Gasteiger partial charge in [-0.25, -0.2) is 0 Å². The Labute approximate surface area is 122 Å². The molecule has 0 bridgehead atoms. The average molecular weight is 329 g/mol. The summed E-state index contributed by atoms with van der Waals surface area (Å²) < 4.78 is 11.6. The van der Waals surface area contributed by atoms with Crippen LogP contribution >= 0.6 is 15.9 Å². The molecule has 1 atom stereocenters. The van der Waals surface area contributed by atoms with Crippen molar-refractivity contribution in [2.75, 3.05) is 20.3 Å². The Bertz CT molecular complexity index is 408. The average Bonchev–Trinajstić information content (AvgIpc) is 2.46. The van der Waals surface area contributed by atoms with E-state index in [1.807, 2.05) is 6.07 Å². The maximum Gasteiger partial charge on any atom is 0.133 e. The van der Waals surface area contributed by atoms with Crippen LogP contribution in [0.4, 0.5) is 0 Å². The summed E-state index contributed by atoms with van der Waals surface area (Å²) in [5.74, 6) is 7.16. The van der Waals surface area contributed by atoms with Crippen molar-refractivity contribution in [2.24, 2.45) is 11.8 Å². The lowest BCUT2D eigenvalue weighted by Gasteiger charge is -2.30. The van der Waals surface area contributed by atoms with Crippen LogP contribution in [0.3, 0.4) is 0 Å². The first-order valence-corrected chi connectivity index (χ1v) is 7.40. The third kappa shape index (κ3) is 3.92. The van der Waals surface area contributed by atoms with E-state index in [9.17, 15) is 0 Å². The SMILES string of the molecule is COc1ccc(CC(NN)C2CCOCC2)cc1Br. The summed E-state index contributed by atoms with van der Waals surface area (Å²) >= 11 is 3.52. The minimum absolute atomic E-state index is 0.296. The van der Waals surface area contributed by atoms with Gasteiger partial charge >= 0.3 is 0 Å². The van der Waals surface area contributed by atoms with Crippen LogP contribution in [0.5, 0.6) is 5.75 Å². The fourth-order valence-corrected chi connectivity index (χ4v) is 3.16. The van der Waals surface area contributed by atoms with Gasteiger partial charge < -0.3 is 9.47 Å². The lowest BCUT2D eigenvalue weighted by atomic mass is 9.88.